The van der Waals surface area contributed by atoms with Gasteiger partial charge in [-0.2, -0.15) is 0 Å². The lowest BCUT2D eigenvalue weighted by Crippen LogP contribution is -2.26. The highest BCUT2D eigenvalue weighted by Crippen LogP contribution is 2.21. The summed E-state index contributed by atoms with van der Waals surface area (Å²) in [6.45, 7) is 2.52. The molecule has 0 saturated heterocycles. The van der Waals surface area contributed by atoms with E-state index in [1.54, 1.807) is 11.4 Å². The Labute approximate surface area is 123 Å². The largest absolute Gasteiger partial charge is 0.315 e. The second kappa shape index (κ2) is 6.49. The van der Waals surface area contributed by atoms with Gasteiger partial charge >= 0.3 is 0 Å². The van der Waals surface area contributed by atoms with Crippen LogP contribution in [0.1, 0.15) is 23.4 Å². The lowest BCUT2D eigenvalue weighted by atomic mass is 10.1. The van der Waals surface area contributed by atoms with E-state index >= 15 is 0 Å². The van der Waals surface area contributed by atoms with Gasteiger partial charge < -0.3 is 5.32 Å². The van der Waals surface area contributed by atoms with Crippen molar-refractivity contribution >= 4 is 21.4 Å². The Morgan fingerprint density at radius 3 is 2.60 bits per heavy atom. The number of sulfonamides is 1. The van der Waals surface area contributed by atoms with E-state index in [2.05, 4.69) is 10.0 Å². The molecule has 0 saturated carbocycles. The van der Waals surface area contributed by atoms with Crippen LogP contribution >= 0.6 is 11.3 Å². The van der Waals surface area contributed by atoms with E-state index < -0.39 is 10.0 Å². The van der Waals surface area contributed by atoms with Crippen LogP contribution in [0.3, 0.4) is 0 Å². The SMILES string of the molecule is CNCc1cc(S(=O)(=O)NC(C)c2ccccc2)cs1. The van der Waals surface area contributed by atoms with Gasteiger partial charge in [0.15, 0.2) is 0 Å². The third-order valence-corrected chi connectivity index (χ3v) is 5.53. The number of rotatable bonds is 6. The van der Waals surface area contributed by atoms with Gasteiger partial charge in [-0.1, -0.05) is 30.3 Å². The van der Waals surface area contributed by atoms with Crippen LogP contribution in [-0.2, 0) is 16.6 Å². The van der Waals surface area contributed by atoms with Crippen molar-refractivity contribution in [2.75, 3.05) is 7.05 Å². The number of thiophene rings is 1. The average Bonchev–Trinajstić information content (AvgIpc) is 2.89. The van der Waals surface area contributed by atoms with E-state index in [9.17, 15) is 8.42 Å². The fourth-order valence-electron chi connectivity index (χ4n) is 1.88. The molecule has 1 atom stereocenters. The lowest BCUT2D eigenvalue weighted by molar-refractivity contribution is 0.567. The molecular weight excluding hydrogens is 292 g/mol. The molecule has 1 aromatic carbocycles. The molecule has 0 fully saturated rings. The molecule has 0 bridgehead atoms. The molecule has 1 unspecified atom stereocenters. The normalized spacial score (nSPS) is 13.3. The first-order chi connectivity index (χ1) is 9.53. The zero-order chi connectivity index (χ0) is 14.6. The topological polar surface area (TPSA) is 58.2 Å². The maximum absolute atomic E-state index is 12.3. The van der Waals surface area contributed by atoms with Crippen molar-refractivity contribution in [3.05, 3.63) is 52.2 Å². The van der Waals surface area contributed by atoms with Crippen molar-refractivity contribution in [2.24, 2.45) is 0 Å². The van der Waals surface area contributed by atoms with Gasteiger partial charge in [0.25, 0.3) is 0 Å². The Hall–Kier alpha value is -1.21. The first-order valence-corrected chi connectivity index (χ1v) is 8.68. The van der Waals surface area contributed by atoms with E-state index in [0.717, 1.165) is 10.4 Å². The van der Waals surface area contributed by atoms with Crippen molar-refractivity contribution in [1.82, 2.24) is 10.0 Å². The van der Waals surface area contributed by atoms with Crippen molar-refractivity contribution in [3.63, 3.8) is 0 Å². The molecule has 0 aliphatic carbocycles. The average molecular weight is 310 g/mol. The molecule has 6 heteroatoms. The Kier molecular flexibility index (Phi) is 4.93. The Morgan fingerprint density at radius 2 is 1.95 bits per heavy atom. The molecule has 0 aliphatic heterocycles. The molecule has 1 aromatic heterocycles. The molecule has 2 N–H and O–H groups in total. The standard InChI is InChI=1S/C14H18N2O2S2/c1-11(12-6-4-3-5-7-12)16-20(17,18)14-8-13(9-15-2)19-10-14/h3-8,10-11,15-16H,9H2,1-2H3. The maximum atomic E-state index is 12.3. The van der Waals surface area contributed by atoms with E-state index in [1.807, 2.05) is 44.3 Å². The molecule has 4 nitrogen and oxygen atoms in total. The zero-order valence-corrected chi connectivity index (χ0v) is 13.1. The number of benzene rings is 1. The summed E-state index contributed by atoms with van der Waals surface area (Å²) in [4.78, 5) is 1.33. The highest BCUT2D eigenvalue weighted by molar-refractivity contribution is 7.89. The molecular formula is C14H18N2O2S2. The third-order valence-electron chi connectivity index (χ3n) is 2.92. The highest BCUT2D eigenvalue weighted by atomic mass is 32.2. The predicted octanol–water partition coefficient (Wildman–Crippen LogP) is 2.51. The van der Waals surface area contributed by atoms with Gasteiger partial charge in [0.2, 0.25) is 10.0 Å². The van der Waals surface area contributed by atoms with E-state index in [-0.39, 0.29) is 6.04 Å². The predicted molar refractivity (Wildman–Crippen MR) is 82.3 cm³/mol. The molecule has 2 rings (SSSR count). The van der Waals surface area contributed by atoms with Gasteiger partial charge in [-0.25, -0.2) is 13.1 Å². The Balaban J connectivity index is 2.14. The summed E-state index contributed by atoms with van der Waals surface area (Å²) in [5.74, 6) is 0. The second-order valence-electron chi connectivity index (χ2n) is 4.53. The van der Waals surface area contributed by atoms with Gasteiger partial charge in [-0.3, -0.25) is 0 Å². The van der Waals surface area contributed by atoms with Crippen LogP contribution in [0.5, 0.6) is 0 Å². The number of hydrogen-bond donors (Lipinski definition) is 2. The Morgan fingerprint density at radius 1 is 1.25 bits per heavy atom. The molecule has 0 aliphatic rings. The van der Waals surface area contributed by atoms with Gasteiger partial charge in [0, 0.05) is 22.8 Å². The second-order valence-corrected chi connectivity index (χ2v) is 7.24. The lowest BCUT2D eigenvalue weighted by Gasteiger charge is -2.13. The van der Waals surface area contributed by atoms with Gasteiger partial charge in [-0.05, 0) is 25.6 Å². The summed E-state index contributed by atoms with van der Waals surface area (Å²) in [6, 6.07) is 11.0. The zero-order valence-electron chi connectivity index (χ0n) is 11.5. The first-order valence-electron chi connectivity index (χ1n) is 6.32. The summed E-state index contributed by atoms with van der Waals surface area (Å²) < 4.78 is 27.3. The van der Waals surface area contributed by atoms with Gasteiger partial charge in [0.1, 0.15) is 0 Å². The minimum Gasteiger partial charge on any atom is -0.315 e. The molecule has 0 amide bonds. The smallest absolute Gasteiger partial charge is 0.241 e. The summed E-state index contributed by atoms with van der Waals surface area (Å²) in [7, 11) is -1.64. The maximum Gasteiger partial charge on any atom is 0.241 e. The van der Waals surface area contributed by atoms with Gasteiger partial charge in [-0.15, -0.1) is 11.3 Å². The van der Waals surface area contributed by atoms with Crippen LogP contribution < -0.4 is 10.0 Å². The van der Waals surface area contributed by atoms with Crippen molar-refractivity contribution in [1.29, 1.82) is 0 Å². The fourth-order valence-corrected chi connectivity index (χ4v) is 4.40. The van der Waals surface area contributed by atoms with Crippen molar-refractivity contribution in [3.8, 4) is 0 Å². The van der Waals surface area contributed by atoms with Crippen molar-refractivity contribution < 1.29 is 8.42 Å². The van der Waals surface area contributed by atoms with Crippen LogP contribution in [0.2, 0.25) is 0 Å². The van der Waals surface area contributed by atoms with E-state index in [0.29, 0.717) is 11.4 Å². The van der Waals surface area contributed by atoms with Crippen LogP contribution in [0.25, 0.3) is 0 Å². The monoisotopic (exact) mass is 310 g/mol. The molecule has 20 heavy (non-hydrogen) atoms. The van der Waals surface area contributed by atoms with Crippen molar-refractivity contribution in [2.45, 2.75) is 24.4 Å². The van der Waals surface area contributed by atoms with Crippen LogP contribution in [0.15, 0.2) is 46.7 Å². The summed E-state index contributed by atoms with van der Waals surface area (Å²) in [5, 5.41) is 4.68. The molecule has 108 valence electrons. The van der Waals surface area contributed by atoms with Gasteiger partial charge in [0.05, 0.1) is 4.90 Å². The minimum absolute atomic E-state index is 0.256. The molecule has 0 radical (unpaired) electrons. The molecule has 2 aromatic rings. The molecule has 1 heterocycles. The highest BCUT2D eigenvalue weighted by Gasteiger charge is 2.19. The minimum atomic E-state index is -3.47. The quantitative estimate of drug-likeness (QED) is 0.862. The van der Waals surface area contributed by atoms with Crippen LogP contribution in [-0.4, -0.2) is 15.5 Å². The number of nitrogens with one attached hydrogen (secondary N) is 2. The number of hydrogen-bond acceptors (Lipinski definition) is 4. The third kappa shape index (κ3) is 3.67. The van der Waals surface area contributed by atoms with E-state index in [4.69, 9.17) is 0 Å². The Bertz CT molecular complexity index is 651. The van der Waals surface area contributed by atoms with E-state index in [1.165, 1.54) is 11.3 Å². The molecule has 0 spiro atoms. The first kappa shape index (κ1) is 15.2. The van der Waals surface area contributed by atoms with Crippen LogP contribution in [0, 0.1) is 0 Å². The fraction of sp³-hybridized carbons (Fsp3) is 0.286. The summed E-state index contributed by atoms with van der Waals surface area (Å²) in [5.41, 5.74) is 0.946. The summed E-state index contributed by atoms with van der Waals surface area (Å²) >= 11 is 1.44. The van der Waals surface area contributed by atoms with Crippen LogP contribution in [0.4, 0.5) is 0 Å². The summed E-state index contributed by atoms with van der Waals surface area (Å²) in [6.07, 6.45) is 0.